The molecule has 202 valence electrons. The lowest BCUT2D eigenvalue weighted by Gasteiger charge is -2.38. The third-order valence-corrected chi connectivity index (χ3v) is 7.03. The van der Waals surface area contributed by atoms with E-state index in [9.17, 15) is 4.79 Å². The number of nitrogens with zero attached hydrogens (tertiary/aromatic N) is 1. The Morgan fingerprint density at radius 2 is 1.45 bits per heavy atom. The second-order valence-corrected chi connectivity index (χ2v) is 9.91. The first-order chi connectivity index (χ1) is 18.5. The number of amides is 1. The highest BCUT2D eigenvalue weighted by Crippen LogP contribution is 2.41. The molecule has 0 aromatic heterocycles. The topological polar surface area (TPSA) is 57.2 Å². The Hall–Kier alpha value is -3.19. The van der Waals surface area contributed by atoms with Crippen LogP contribution in [0.15, 0.2) is 59.1 Å². The molecule has 38 heavy (non-hydrogen) atoms. The van der Waals surface area contributed by atoms with Crippen LogP contribution in [0.1, 0.15) is 60.8 Å². The molecule has 7 heteroatoms. The zero-order valence-electron chi connectivity index (χ0n) is 22.6. The predicted octanol–water partition coefficient (Wildman–Crippen LogP) is 7.03. The molecule has 1 aliphatic heterocycles. The van der Waals surface area contributed by atoms with Gasteiger partial charge in [0.2, 0.25) is 0 Å². The van der Waals surface area contributed by atoms with Gasteiger partial charge in [0.1, 0.15) is 0 Å². The summed E-state index contributed by atoms with van der Waals surface area (Å²) in [6.07, 6.45) is 1.37. The van der Waals surface area contributed by atoms with Crippen molar-refractivity contribution >= 4 is 21.8 Å². The molecule has 1 aliphatic rings. The van der Waals surface area contributed by atoms with Gasteiger partial charge in [-0.15, -0.1) is 0 Å². The highest BCUT2D eigenvalue weighted by atomic mass is 79.9. The summed E-state index contributed by atoms with van der Waals surface area (Å²) in [5, 5.41) is 0. The summed E-state index contributed by atoms with van der Waals surface area (Å²) in [6.45, 7) is 10.7. The van der Waals surface area contributed by atoms with E-state index < -0.39 is 0 Å². The van der Waals surface area contributed by atoms with Crippen molar-refractivity contribution < 1.29 is 23.7 Å². The summed E-state index contributed by atoms with van der Waals surface area (Å²) in [5.74, 6) is 2.90. The van der Waals surface area contributed by atoms with Crippen LogP contribution in [0.3, 0.4) is 0 Å². The van der Waals surface area contributed by atoms with Gasteiger partial charge in [-0.3, -0.25) is 4.79 Å². The highest BCUT2D eigenvalue weighted by molar-refractivity contribution is 9.10. The molecule has 1 unspecified atom stereocenters. The quantitative estimate of drug-likeness (QED) is 0.243. The lowest BCUT2D eigenvalue weighted by molar-refractivity contribution is 0.0659. The molecule has 6 nitrogen and oxygen atoms in total. The number of hydrogen-bond acceptors (Lipinski definition) is 5. The molecule has 0 radical (unpaired) electrons. The third-order valence-electron chi connectivity index (χ3n) is 6.53. The molecule has 0 N–H and O–H groups in total. The van der Waals surface area contributed by atoms with Crippen molar-refractivity contribution in [2.24, 2.45) is 0 Å². The van der Waals surface area contributed by atoms with Gasteiger partial charge in [0.05, 0.1) is 32.5 Å². The average molecular weight is 583 g/mol. The first-order valence-corrected chi connectivity index (χ1v) is 14.2. The van der Waals surface area contributed by atoms with Crippen LogP contribution in [-0.2, 0) is 12.8 Å². The first-order valence-electron chi connectivity index (χ1n) is 13.4. The molecule has 0 bridgehead atoms. The summed E-state index contributed by atoms with van der Waals surface area (Å²) in [4.78, 5) is 15.8. The molecule has 0 aliphatic carbocycles. The Labute approximate surface area is 234 Å². The number of ether oxygens (including phenoxy) is 4. The predicted molar refractivity (Wildman–Crippen MR) is 153 cm³/mol. The molecule has 3 aromatic carbocycles. The van der Waals surface area contributed by atoms with E-state index in [-0.39, 0.29) is 11.9 Å². The lowest BCUT2D eigenvalue weighted by atomic mass is 9.87. The van der Waals surface area contributed by atoms with Crippen molar-refractivity contribution in [2.45, 2.75) is 46.6 Å². The van der Waals surface area contributed by atoms with Crippen LogP contribution in [-0.4, -0.2) is 43.8 Å². The molecule has 1 amide bonds. The van der Waals surface area contributed by atoms with E-state index in [2.05, 4.69) is 34.1 Å². The van der Waals surface area contributed by atoms with Gasteiger partial charge in [0.15, 0.2) is 23.0 Å². The number of rotatable bonds is 11. The monoisotopic (exact) mass is 581 g/mol. The van der Waals surface area contributed by atoms with E-state index in [1.807, 2.05) is 69.0 Å². The van der Waals surface area contributed by atoms with E-state index in [1.165, 1.54) is 5.56 Å². The second kappa shape index (κ2) is 13.1. The van der Waals surface area contributed by atoms with Crippen LogP contribution in [0.25, 0.3) is 0 Å². The number of fused-ring (bicyclic) bond motifs is 1. The molecule has 1 heterocycles. The van der Waals surface area contributed by atoms with Crippen molar-refractivity contribution in [3.8, 4) is 23.0 Å². The number of hydrogen-bond donors (Lipinski definition) is 0. The smallest absolute Gasteiger partial charge is 0.254 e. The van der Waals surface area contributed by atoms with Crippen molar-refractivity contribution in [3.05, 3.63) is 81.3 Å². The maximum atomic E-state index is 13.9. The third kappa shape index (κ3) is 6.26. The molecule has 0 spiro atoms. The van der Waals surface area contributed by atoms with Crippen molar-refractivity contribution in [1.29, 1.82) is 0 Å². The van der Waals surface area contributed by atoms with Crippen molar-refractivity contribution in [1.82, 2.24) is 4.90 Å². The fraction of sp³-hybridized carbons (Fsp3) is 0.387. The summed E-state index contributed by atoms with van der Waals surface area (Å²) in [7, 11) is 0. The van der Waals surface area contributed by atoms with Crippen LogP contribution in [0.2, 0.25) is 0 Å². The molecule has 0 saturated heterocycles. The minimum atomic E-state index is -0.187. The summed E-state index contributed by atoms with van der Waals surface area (Å²) >= 11 is 3.51. The highest BCUT2D eigenvalue weighted by Gasteiger charge is 2.33. The second-order valence-electron chi connectivity index (χ2n) is 8.99. The number of carbonyl (C=O) groups is 1. The van der Waals surface area contributed by atoms with Crippen LogP contribution in [0.4, 0.5) is 0 Å². The number of carbonyl (C=O) groups excluding carboxylic acids is 1. The molecule has 4 rings (SSSR count). The van der Waals surface area contributed by atoms with Gasteiger partial charge in [0.25, 0.3) is 5.91 Å². The van der Waals surface area contributed by atoms with Crippen LogP contribution < -0.4 is 18.9 Å². The van der Waals surface area contributed by atoms with Crippen LogP contribution in [0.5, 0.6) is 23.0 Å². The Balaban J connectivity index is 1.78. The van der Waals surface area contributed by atoms with Gasteiger partial charge in [-0.1, -0.05) is 28.1 Å². The van der Waals surface area contributed by atoms with Gasteiger partial charge in [-0.25, -0.2) is 0 Å². The largest absolute Gasteiger partial charge is 0.490 e. The van der Waals surface area contributed by atoms with Gasteiger partial charge in [-0.2, -0.15) is 0 Å². The minimum Gasteiger partial charge on any atom is -0.490 e. The standard InChI is InChI=1S/C31H36BrNO5/c1-5-35-27-13-12-21(17-28(27)36-6-2)16-26-25-20-30(38-8-4)29(37-7-3)19-22(25)14-15-33(26)31(34)23-10-9-11-24(32)18-23/h9-13,17-20,26H,5-8,14-16H2,1-4H3. The molecular weight excluding hydrogens is 546 g/mol. The van der Waals surface area contributed by atoms with Crippen molar-refractivity contribution in [2.75, 3.05) is 33.0 Å². The van der Waals surface area contributed by atoms with E-state index >= 15 is 0 Å². The lowest BCUT2D eigenvalue weighted by Crippen LogP contribution is -2.41. The average Bonchev–Trinajstić information content (AvgIpc) is 2.91. The Morgan fingerprint density at radius 3 is 2.11 bits per heavy atom. The van der Waals surface area contributed by atoms with E-state index in [4.69, 9.17) is 18.9 Å². The summed E-state index contributed by atoms with van der Waals surface area (Å²) in [5.41, 5.74) is 3.98. The summed E-state index contributed by atoms with van der Waals surface area (Å²) < 4.78 is 24.4. The Kier molecular flexibility index (Phi) is 9.56. The molecule has 3 aromatic rings. The first kappa shape index (κ1) is 27.8. The summed E-state index contributed by atoms with van der Waals surface area (Å²) in [6, 6.07) is 17.6. The number of halogens is 1. The number of benzene rings is 3. The minimum absolute atomic E-state index is 0.00441. The molecule has 0 saturated carbocycles. The van der Waals surface area contributed by atoms with Gasteiger partial charge in [-0.05, 0) is 99.7 Å². The fourth-order valence-electron chi connectivity index (χ4n) is 4.94. The van der Waals surface area contributed by atoms with E-state index in [1.54, 1.807) is 0 Å². The maximum absolute atomic E-state index is 13.9. The molecule has 1 atom stereocenters. The van der Waals surface area contributed by atoms with Crippen LogP contribution in [0, 0.1) is 0 Å². The fourth-order valence-corrected chi connectivity index (χ4v) is 5.34. The normalized spacial score (nSPS) is 14.6. The van der Waals surface area contributed by atoms with Crippen LogP contribution >= 0.6 is 15.9 Å². The van der Waals surface area contributed by atoms with Gasteiger partial charge < -0.3 is 23.8 Å². The Bertz CT molecular complexity index is 1260. The zero-order valence-corrected chi connectivity index (χ0v) is 24.2. The maximum Gasteiger partial charge on any atom is 0.254 e. The Morgan fingerprint density at radius 1 is 0.816 bits per heavy atom. The van der Waals surface area contributed by atoms with Crippen molar-refractivity contribution in [3.63, 3.8) is 0 Å². The zero-order chi connectivity index (χ0) is 27.1. The molecular formula is C31H36BrNO5. The SMILES string of the molecule is CCOc1ccc(CC2c3cc(OCC)c(OCC)cc3CCN2C(=O)c2cccc(Br)c2)cc1OCC. The van der Waals surface area contributed by atoms with Gasteiger partial charge >= 0.3 is 0 Å². The van der Waals surface area contributed by atoms with E-state index in [0.29, 0.717) is 50.7 Å². The molecule has 0 fully saturated rings. The van der Waals surface area contributed by atoms with E-state index in [0.717, 1.165) is 39.3 Å². The van der Waals surface area contributed by atoms with Gasteiger partial charge in [0, 0.05) is 16.6 Å².